The fourth-order valence-corrected chi connectivity index (χ4v) is 4.09. The molecule has 0 heterocycles. The normalized spacial score (nSPS) is 25.8. The van der Waals surface area contributed by atoms with Gasteiger partial charge in [0, 0.05) is 16.9 Å². The number of carbonyl (C=O) groups is 1. The van der Waals surface area contributed by atoms with E-state index in [1.165, 1.54) is 0 Å². The molecule has 0 amide bonds. The van der Waals surface area contributed by atoms with Crippen LogP contribution >= 0.6 is 11.6 Å². The maximum absolute atomic E-state index is 13.0. The zero-order valence-corrected chi connectivity index (χ0v) is 14.7. The van der Waals surface area contributed by atoms with E-state index in [0.29, 0.717) is 17.0 Å². The standard InChI is InChI=1S/C21H21ClO2/c1-13(2)21(3)12-16(19(21)14-8-4-6-10-17(14)22)20(24)15-9-5-7-11-18(15)23/h4-11,16,19,23H,1,12H2,2-3H3/t16?,19-,21+/m0/s1. The number of hydrogen-bond acceptors (Lipinski definition) is 2. The summed E-state index contributed by atoms with van der Waals surface area (Å²) in [6.07, 6.45) is 0.714. The Bertz CT molecular complexity index is 811. The number of ketones is 1. The molecule has 0 saturated heterocycles. The molecule has 0 spiro atoms. The molecule has 1 N–H and O–H groups in total. The van der Waals surface area contributed by atoms with Crippen LogP contribution in [0.3, 0.4) is 0 Å². The van der Waals surface area contributed by atoms with E-state index < -0.39 is 0 Å². The van der Waals surface area contributed by atoms with Crippen LogP contribution in [0.2, 0.25) is 5.02 Å². The van der Waals surface area contributed by atoms with Crippen molar-refractivity contribution >= 4 is 17.4 Å². The summed E-state index contributed by atoms with van der Waals surface area (Å²) in [5, 5.41) is 10.7. The number of aromatic hydroxyl groups is 1. The van der Waals surface area contributed by atoms with Gasteiger partial charge >= 0.3 is 0 Å². The fraction of sp³-hybridized carbons (Fsp3) is 0.286. The monoisotopic (exact) mass is 340 g/mol. The van der Waals surface area contributed by atoms with Crippen molar-refractivity contribution in [1.29, 1.82) is 0 Å². The average molecular weight is 341 g/mol. The van der Waals surface area contributed by atoms with Crippen LogP contribution < -0.4 is 0 Å². The van der Waals surface area contributed by atoms with E-state index in [1.54, 1.807) is 24.3 Å². The van der Waals surface area contributed by atoms with E-state index in [9.17, 15) is 9.90 Å². The van der Waals surface area contributed by atoms with Crippen LogP contribution in [-0.4, -0.2) is 10.9 Å². The van der Waals surface area contributed by atoms with Gasteiger partial charge in [0.2, 0.25) is 0 Å². The first-order chi connectivity index (χ1) is 11.4. The van der Waals surface area contributed by atoms with Crippen molar-refractivity contribution in [2.45, 2.75) is 26.2 Å². The molecule has 0 aliphatic heterocycles. The van der Waals surface area contributed by atoms with Crippen LogP contribution in [0.4, 0.5) is 0 Å². The van der Waals surface area contributed by atoms with Gasteiger partial charge in [-0.25, -0.2) is 0 Å². The summed E-state index contributed by atoms with van der Waals surface area (Å²) >= 11 is 6.42. The Morgan fingerprint density at radius 1 is 1.21 bits per heavy atom. The predicted molar refractivity (Wildman–Crippen MR) is 97.7 cm³/mol. The Morgan fingerprint density at radius 3 is 2.46 bits per heavy atom. The molecule has 0 aromatic heterocycles. The molecule has 1 aliphatic carbocycles. The van der Waals surface area contributed by atoms with E-state index in [-0.39, 0.29) is 28.8 Å². The van der Waals surface area contributed by atoms with E-state index >= 15 is 0 Å². The number of rotatable bonds is 4. The lowest BCUT2D eigenvalue weighted by atomic mass is 9.49. The summed E-state index contributed by atoms with van der Waals surface area (Å²) in [7, 11) is 0. The minimum absolute atomic E-state index is 0.0308. The lowest BCUT2D eigenvalue weighted by Crippen LogP contribution is -2.48. The molecule has 2 aromatic rings. The van der Waals surface area contributed by atoms with Gasteiger partial charge in [-0.05, 0) is 42.5 Å². The van der Waals surface area contributed by atoms with Gasteiger partial charge in [0.15, 0.2) is 5.78 Å². The molecule has 0 bridgehead atoms. The summed E-state index contributed by atoms with van der Waals surface area (Å²) in [6.45, 7) is 8.28. The van der Waals surface area contributed by atoms with E-state index in [0.717, 1.165) is 11.1 Å². The summed E-state index contributed by atoms with van der Waals surface area (Å²) in [4.78, 5) is 13.0. The molecule has 1 saturated carbocycles. The van der Waals surface area contributed by atoms with Crippen molar-refractivity contribution in [2.75, 3.05) is 0 Å². The van der Waals surface area contributed by atoms with Crippen molar-refractivity contribution in [3.05, 3.63) is 76.8 Å². The van der Waals surface area contributed by atoms with Crippen molar-refractivity contribution in [2.24, 2.45) is 11.3 Å². The third-order valence-electron chi connectivity index (χ3n) is 5.45. The molecule has 1 unspecified atom stereocenters. The molecule has 3 rings (SSSR count). The highest BCUT2D eigenvalue weighted by Gasteiger charge is 2.55. The quantitative estimate of drug-likeness (QED) is 0.579. The highest BCUT2D eigenvalue weighted by atomic mass is 35.5. The van der Waals surface area contributed by atoms with Gasteiger partial charge in [-0.2, -0.15) is 0 Å². The van der Waals surface area contributed by atoms with Gasteiger partial charge in [0.05, 0.1) is 5.56 Å². The Kier molecular flexibility index (Phi) is 4.27. The minimum Gasteiger partial charge on any atom is -0.507 e. The van der Waals surface area contributed by atoms with Gasteiger partial charge in [-0.3, -0.25) is 4.79 Å². The Hall–Kier alpha value is -2.06. The molecule has 124 valence electrons. The number of halogens is 1. The molecule has 1 aliphatic rings. The second-order valence-corrected chi connectivity index (χ2v) is 7.30. The summed E-state index contributed by atoms with van der Waals surface area (Å²) in [5.41, 5.74) is 2.23. The summed E-state index contributed by atoms with van der Waals surface area (Å²) in [6, 6.07) is 14.4. The van der Waals surface area contributed by atoms with Gasteiger partial charge in [0.25, 0.3) is 0 Å². The maximum Gasteiger partial charge on any atom is 0.170 e. The summed E-state index contributed by atoms with van der Waals surface area (Å²) < 4.78 is 0. The maximum atomic E-state index is 13.0. The Morgan fingerprint density at radius 2 is 1.83 bits per heavy atom. The number of phenols is 1. The van der Waals surface area contributed by atoms with Crippen LogP contribution in [0.15, 0.2) is 60.7 Å². The molecular weight excluding hydrogens is 320 g/mol. The van der Waals surface area contributed by atoms with E-state index in [4.69, 9.17) is 11.6 Å². The highest BCUT2D eigenvalue weighted by molar-refractivity contribution is 6.31. The molecule has 3 atom stereocenters. The second-order valence-electron chi connectivity index (χ2n) is 6.89. The zero-order valence-electron chi connectivity index (χ0n) is 13.9. The number of allylic oxidation sites excluding steroid dienone is 1. The first-order valence-electron chi connectivity index (χ1n) is 8.09. The van der Waals surface area contributed by atoms with Crippen LogP contribution in [0.5, 0.6) is 5.75 Å². The topological polar surface area (TPSA) is 37.3 Å². The SMILES string of the molecule is C=C(C)[C@@]1(C)CC(C(=O)c2ccccc2O)[C@@H]1c1ccccc1Cl. The van der Waals surface area contributed by atoms with Gasteiger partial charge < -0.3 is 5.11 Å². The number of Topliss-reactive ketones (excluding diaryl/α,β-unsaturated/α-hetero) is 1. The lowest BCUT2D eigenvalue weighted by Gasteiger charge is -2.54. The molecule has 2 aromatic carbocycles. The third-order valence-corrected chi connectivity index (χ3v) is 5.80. The van der Waals surface area contributed by atoms with Gasteiger partial charge in [0.1, 0.15) is 5.75 Å². The van der Waals surface area contributed by atoms with Crippen molar-refractivity contribution in [1.82, 2.24) is 0 Å². The van der Waals surface area contributed by atoms with E-state index in [1.807, 2.05) is 31.2 Å². The largest absolute Gasteiger partial charge is 0.507 e. The van der Waals surface area contributed by atoms with Crippen molar-refractivity contribution in [3.8, 4) is 5.75 Å². The Balaban J connectivity index is 2.03. The van der Waals surface area contributed by atoms with Crippen molar-refractivity contribution in [3.63, 3.8) is 0 Å². The van der Waals surface area contributed by atoms with Crippen LogP contribution in [0.1, 0.15) is 42.1 Å². The molecule has 3 heteroatoms. The average Bonchev–Trinajstić information content (AvgIpc) is 2.54. The number of benzene rings is 2. The number of carbonyl (C=O) groups excluding carboxylic acids is 1. The van der Waals surface area contributed by atoms with Gasteiger partial charge in [-0.15, -0.1) is 0 Å². The smallest absolute Gasteiger partial charge is 0.170 e. The first kappa shape index (κ1) is 16.8. The minimum atomic E-state index is -0.208. The Labute approximate surface area is 147 Å². The predicted octanol–water partition coefficient (Wildman–Crippen LogP) is 5.61. The number of hydrogen-bond donors (Lipinski definition) is 1. The molecule has 0 radical (unpaired) electrons. The highest BCUT2D eigenvalue weighted by Crippen LogP contribution is 2.62. The molecule has 1 fully saturated rings. The van der Waals surface area contributed by atoms with Crippen LogP contribution in [-0.2, 0) is 0 Å². The van der Waals surface area contributed by atoms with Crippen molar-refractivity contribution < 1.29 is 9.90 Å². The zero-order chi connectivity index (χ0) is 17.5. The van der Waals surface area contributed by atoms with Gasteiger partial charge in [-0.1, -0.05) is 61.0 Å². The molecular formula is C21H21ClO2. The first-order valence-corrected chi connectivity index (χ1v) is 8.46. The van der Waals surface area contributed by atoms with Crippen LogP contribution in [0.25, 0.3) is 0 Å². The molecule has 2 nitrogen and oxygen atoms in total. The second kappa shape index (κ2) is 6.10. The number of para-hydroxylation sites is 1. The third kappa shape index (κ3) is 2.55. The fourth-order valence-electron chi connectivity index (χ4n) is 3.84. The summed E-state index contributed by atoms with van der Waals surface area (Å²) in [5.74, 6) is -0.239. The van der Waals surface area contributed by atoms with Crippen LogP contribution in [0, 0.1) is 11.3 Å². The lowest BCUT2D eigenvalue weighted by molar-refractivity contribution is 0.0478. The number of phenolic OH excluding ortho intramolecular Hbond substituents is 1. The van der Waals surface area contributed by atoms with E-state index in [2.05, 4.69) is 13.5 Å². The molecule has 24 heavy (non-hydrogen) atoms.